The Morgan fingerprint density at radius 3 is 2.55 bits per heavy atom. The van der Waals surface area contributed by atoms with Crippen LogP contribution in [0.5, 0.6) is 5.75 Å². The van der Waals surface area contributed by atoms with E-state index in [1.807, 2.05) is 36.2 Å². The van der Waals surface area contributed by atoms with E-state index in [1.165, 1.54) is 12.1 Å². The van der Waals surface area contributed by atoms with Gasteiger partial charge in [-0.3, -0.25) is 9.69 Å². The molecule has 3 nitrogen and oxygen atoms in total. The van der Waals surface area contributed by atoms with E-state index in [0.717, 1.165) is 5.56 Å². The molecule has 0 unspecified atom stereocenters. The molecule has 2 rings (SSSR count). The zero-order valence-corrected chi connectivity index (χ0v) is 12.0. The van der Waals surface area contributed by atoms with Crippen molar-refractivity contribution in [1.29, 1.82) is 0 Å². The number of phenolic OH excluding ortho intramolecular Hbond substituents is 1. The van der Waals surface area contributed by atoms with Crippen LogP contribution in [0.1, 0.15) is 15.9 Å². The molecule has 0 bridgehead atoms. The van der Waals surface area contributed by atoms with Crippen LogP contribution in [0.4, 0.5) is 0 Å². The van der Waals surface area contributed by atoms with Crippen molar-refractivity contribution in [3.05, 3.63) is 64.7 Å². The van der Waals surface area contributed by atoms with Gasteiger partial charge in [-0.05, 0) is 49.0 Å². The van der Waals surface area contributed by atoms with Gasteiger partial charge in [-0.15, -0.1) is 0 Å². The van der Waals surface area contributed by atoms with Crippen molar-refractivity contribution < 1.29 is 9.90 Å². The van der Waals surface area contributed by atoms with Crippen LogP contribution < -0.4 is 0 Å². The molecule has 104 valence electrons. The number of hydrogen-bond donors (Lipinski definition) is 1. The molecule has 0 amide bonds. The van der Waals surface area contributed by atoms with E-state index < -0.39 is 0 Å². The fourth-order valence-electron chi connectivity index (χ4n) is 1.99. The van der Waals surface area contributed by atoms with Gasteiger partial charge in [0.15, 0.2) is 5.78 Å². The van der Waals surface area contributed by atoms with Crippen molar-refractivity contribution in [2.75, 3.05) is 13.6 Å². The van der Waals surface area contributed by atoms with Gasteiger partial charge in [-0.25, -0.2) is 0 Å². The smallest absolute Gasteiger partial charge is 0.176 e. The lowest BCUT2D eigenvalue weighted by molar-refractivity contribution is 0.0943. The zero-order chi connectivity index (χ0) is 14.5. The Bertz CT molecular complexity index is 596. The van der Waals surface area contributed by atoms with Gasteiger partial charge in [0.05, 0.1) is 6.54 Å². The molecule has 0 aliphatic rings. The molecule has 0 aliphatic carbocycles. The lowest BCUT2D eigenvalue weighted by Gasteiger charge is -2.16. The van der Waals surface area contributed by atoms with E-state index in [-0.39, 0.29) is 11.5 Å². The van der Waals surface area contributed by atoms with E-state index in [9.17, 15) is 9.90 Å². The van der Waals surface area contributed by atoms with Gasteiger partial charge < -0.3 is 5.11 Å². The normalized spacial score (nSPS) is 10.8. The number of carbonyl (C=O) groups excluding carboxylic acids is 1. The summed E-state index contributed by atoms with van der Waals surface area (Å²) in [5, 5.41) is 9.90. The summed E-state index contributed by atoms with van der Waals surface area (Å²) in [5.41, 5.74) is 1.67. The van der Waals surface area contributed by atoms with Crippen LogP contribution in [0.2, 0.25) is 5.02 Å². The molecule has 2 aromatic carbocycles. The van der Waals surface area contributed by atoms with Crippen molar-refractivity contribution in [3.8, 4) is 5.75 Å². The largest absolute Gasteiger partial charge is 0.508 e. The molecule has 0 spiro atoms. The fraction of sp³-hybridized carbons (Fsp3) is 0.188. The fourth-order valence-corrected chi connectivity index (χ4v) is 2.20. The number of rotatable bonds is 5. The maximum Gasteiger partial charge on any atom is 0.176 e. The number of nitrogens with zero attached hydrogens (tertiary/aromatic N) is 1. The van der Waals surface area contributed by atoms with E-state index in [2.05, 4.69) is 0 Å². The number of halogens is 1. The second-order valence-electron chi connectivity index (χ2n) is 4.77. The minimum atomic E-state index is 0.0227. The minimum Gasteiger partial charge on any atom is -0.508 e. The van der Waals surface area contributed by atoms with Crippen molar-refractivity contribution in [3.63, 3.8) is 0 Å². The summed E-state index contributed by atoms with van der Waals surface area (Å²) >= 11 is 5.94. The molecular formula is C16H16ClNO2. The first-order chi connectivity index (χ1) is 9.54. The van der Waals surface area contributed by atoms with Crippen LogP contribution >= 0.6 is 11.6 Å². The Labute approximate surface area is 123 Å². The third kappa shape index (κ3) is 4.08. The molecule has 1 N–H and O–H groups in total. The molecule has 0 atom stereocenters. The van der Waals surface area contributed by atoms with Crippen molar-refractivity contribution in [2.45, 2.75) is 6.54 Å². The van der Waals surface area contributed by atoms with Gasteiger partial charge in [0.2, 0.25) is 0 Å². The van der Waals surface area contributed by atoms with E-state index in [0.29, 0.717) is 23.7 Å². The van der Waals surface area contributed by atoms with Crippen LogP contribution in [0.25, 0.3) is 0 Å². The molecule has 0 saturated carbocycles. The predicted molar refractivity (Wildman–Crippen MR) is 80.2 cm³/mol. The van der Waals surface area contributed by atoms with Crippen molar-refractivity contribution in [2.24, 2.45) is 0 Å². The lowest BCUT2D eigenvalue weighted by atomic mass is 10.1. The number of Topliss-reactive ketones (excluding diaryl/α,β-unsaturated/α-hetero) is 1. The second kappa shape index (κ2) is 6.55. The summed E-state index contributed by atoms with van der Waals surface area (Å²) in [5.74, 6) is 0.184. The summed E-state index contributed by atoms with van der Waals surface area (Å²) in [6.07, 6.45) is 0. The number of aromatic hydroxyl groups is 1. The summed E-state index contributed by atoms with van der Waals surface area (Å²) in [6, 6.07) is 13.9. The highest BCUT2D eigenvalue weighted by atomic mass is 35.5. The molecule has 20 heavy (non-hydrogen) atoms. The molecule has 0 radical (unpaired) electrons. The predicted octanol–water partition coefficient (Wildman–Crippen LogP) is 3.36. The number of ketones is 1. The zero-order valence-electron chi connectivity index (χ0n) is 11.2. The van der Waals surface area contributed by atoms with Crippen LogP contribution in [-0.4, -0.2) is 29.4 Å². The summed E-state index contributed by atoms with van der Waals surface area (Å²) < 4.78 is 0. The standard InChI is InChI=1S/C16H16ClNO2/c1-18(10-12-3-2-4-14(17)9-12)11-16(20)13-5-7-15(19)8-6-13/h2-9,19H,10-11H2,1H3. The monoisotopic (exact) mass is 289 g/mol. The van der Waals surface area contributed by atoms with Crippen LogP contribution in [-0.2, 0) is 6.54 Å². The molecule has 0 heterocycles. The molecular weight excluding hydrogens is 274 g/mol. The highest BCUT2D eigenvalue weighted by molar-refractivity contribution is 6.30. The Morgan fingerprint density at radius 2 is 1.90 bits per heavy atom. The Balaban J connectivity index is 1.95. The minimum absolute atomic E-state index is 0.0227. The third-order valence-corrected chi connectivity index (χ3v) is 3.18. The van der Waals surface area contributed by atoms with Crippen molar-refractivity contribution in [1.82, 2.24) is 4.90 Å². The van der Waals surface area contributed by atoms with E-state index in [4.69, 9.17) is 11.6 Å². The molecule has 4 heteroatoms. The second-order valence-corrected chi connectivity index (χ2v) is 5.21. The Hall–Kier alpha value is -1.84. The topological polar surface area (TPSA) is 40.5 Å². The molecule has 0 fully saturated rings. The van der Waals surface area contributed by atoms with Crippen LogP contribution in [0.15, 0.2) is 48.5 Å². The van der Waals surface area contributed by atoms with Gasteiger partial charge in [0.25, 0.3) is 0 Å². The number of hydrogen-bond acceptors (Lipinski definition) is 3. The molecule has 0 aliphatic heterocycles. The van der Waals surface area contributed by atoms with Gasteiger partial charge in [-0.2, -0.15) is 0 Å². The average molecular weight is 290 g/mol. The maximum absolute atomic E-state index is 12.1. The maximum atomic E-state index is 12.1. The number of phenols is 1. The number of likely N-dealkylation sites (N-methyl/N-ethyl adjacent to an activating group) is 1. The van der Waals surface area contributed by atoms with Gasteiger partial charge in [0.1, 0.15) is 5.75 Å². The average Bonchev–Trinajstić information content (AvgIpc) is 2.39. The summed E-state index contributed by atoms with van der Waals surface area (Å²) in [7, 11) is 1.89. The highest BCUT2D eigenvalue weighted by Gasteiger charge is 2.10. The molecule has 2 aromatic rings. The third-order valence-electron chi connectivity index (χ3n) is 2.94. The van der Waals surface area contributed by atoms with Gasteiger partial charge >= 0.3 is 0 Å². The lowest BCUT2D eigenvalue weighted by Crippen LogP contribution is -2.25. The summed E-state index contributed by atoms with van der Waals surface area (Å²) in [6.45, 7) is 0.974. The van der Waals surface area contributed by atoms with E-state index in [1.54, 1.807) is 12.1 Å². The molecule has 0 aromatic heterocycles. The molecule has 0 saturated heterocycles. The van der Waals surface area contributed by atoms with E-state index >= 15 is 0 Å². The SMILES string of the molecule is CN(CC(=O)c1ccc(O)cc1)Cc1cccc(Cl)c1. The summed E-state index contributed by atoms with van der Waals surface area (Å²) in [4.78, 5) is 14.0. The first kappa shape index (κ1) is 14.6. The van der Waals surface area contributed by atoms with Crippen LogP contribution in [0.3, 0.4) is 0 Å². The Morgan fingerprint density at radius 1 is 1.20 bits per heavy atom. The van der Waals surface area contributed by atoms with Crippen LogP contribution in [0, 0.1) is 0 Å². The number of carbonyl (C=O) groups is 1. The Kier molecular flexibility index (Phi) is 4.77. The first-order valence-electron chi connectivity index (χ1n) is 6.30. The van der Waals surface area contributed by atoms with Crippen molar-refractivity contribution >= 4 is 17.4 Å². The number of benzene rings is 2. The first-order valence-corrected chi connectivity index (χ1v) is 6.67. The highest BCUT2D eigenvalue weighted by Crippen LogP contribution is 2.13. The van der Waals surface area contributed by atoms with Gasteiger partial charge in [-0.1, -0.05) is 23.7 Å². The van der Waals surface area contributed by atoms with Gasteiger partial charge in [0, 0.05) is 17.1 Å². The quantitative estimate of drug-likeness (QED) is 0.858.